The normalized spacial score (nSPS) is 15.8. The van der Waals surface area contributed by atoms with Gasteiger partial charge in [-0.25, -0.2) is 4.68 Å². The molecule has 1 heterocycles. The molecular formula is C14H19N5O. The summed E-state index contributed by atoms with van der Waals surface area (Å²) < 4.78 is 7.63. The maximum Gasteiger partial charge on any atom is 0.182 e. The van der Waals surface area contributed by atoms with Crippen LogP contribution in [0.1, 0.15) is 25.7 Å². The molecule has 0 saturated heterocycles. The minimum atomic E-state index is 0.423. The van der Waals surface area contributed by atoms with E-state index in [9.17, 15) is 0 Å². The highest BCUT2D eigenvalue weighted by molar-refractivity contribution is 5.58. The Hall–Kier alpha value is -1.95. The van der Waals surface area contributed by atoms with Gasteiger partial charge < -0.3 is 10.5 Å². The number of rotatable bonds is 5. The maximum atomic E-state index is 5.85. The van der Waals surface area contributed by atoms with Crippen molar-refractivity contribution in [2.45, 2.75) is 38.3 Å². The molecule has 0 amide bonds. The molecule has 6 heteroatoms. The highest BCUT2D eigenvalue weighted by Crippen LogP contribution is 2.21. The number of hydrogen-bond acceptors (Lipinski definition) is 5. The molecule has 0 aliphatic heterocycles. The molecule has 1 aromatic carbocycles. The first-order valence-electron chi connectivity index (χ1n) is 7.06. The lowest BCUT2D eigenvalue weighted by molar-refractivity contribution is 0.0514. The van der Waals surface area contributed by atoms with Crippen molar-refractivity contribution in [3.8, 4) is 11.4 Å². The van der Waals surface area contributed by atoms with Crippen LogP contribution in [0.15, 0.2) is 24.3 Å². The highest BCUT2D eigenvalue weighted by Gasteiger charge is 2.15. The van der Waals surface area contributed by atoms with Crippen molar-refractivity contribution >= 4 is 5.69 Å². The zero-order chi connectivity index (χ0) is 13.8. The number of hydrogen-bond donors (Lipinski definition) is 1. The average molecular weight is 273 g/mol. The Labute approximate surface area is 117 Å². The predicted octanol–water partition coefficient (Wildman–Crippen LogP) is 1.88. The van der Waals surface area contributed by atoms with Crippen LogP contribution in [0.2, 0.25) is 0 Å². The molecule has 0 unspecified atom stereocenters. The number of aromatic nitrogens is 4. The smallest absolute Gasteiger partial charge is 0.182 e. The van der Waals surface area contributed by atoms with Crippen LogP contribution in [0.3, 0.4) is 0 Å². The van der Waals surface area contributed by atoms with E-state index in [1.807, 2.05) is 24.3 Å². The van der Waals surface area contributed by atoms with E-state index in [4.69, 9.17) is 10.5 Å². The molecule has 1 aliphatic carbocycles. The number of nitrogens with two attached hydrogens (primary N) is 1. The fraction of sp³-hybridized carbons (Fsp3) is 0.500. The largest absolute Gasteiger partial charge is 0.399 e. The topological polar surface area (TPSA) is 78.9 Å². The Morgan fingerprint density at radius 1 is 1.20 bits per heavy atom. The van der Waals surface area contributed by atoms with Gasteiger partial charge in [-0.2, -0.15) is 0 Å². The van der Waals surface area contributed by atoms with E-state index in [0.717, 1.165) is 17.1 Å². The standard InChI is InChI=1S/C14H19N5O/c15-12-7-5-11(6-8-12)14-16-17-18-19(14)9-10-20-13-3-1-2-4-13/h5-8,13H,1-4,9-10,15H2. The van der Waals surface area contributed by atoms with E-state index in [2.05, 4.69) is 15.5 Å². The number of nitrogens with zero attached hydrogens (tertiary/aromatic N) is 4. The third-order valence-electron chi connectivity index (χ3n) is 3.66. The van der Waals surface area contributed by atoms with Crippen LogP contribution < -0.4 is 5.73 Å². The number of nitrogen functional groups attached to an aromatic ring is 1. The predicted molar refractivity (Wildman–Crippen MR) is 75.9 cm³/mol. The van der Waals surface area contributed by atoms with Gasteiger partial charge in [0.25, 0.3) is 0 Å². The van der Waals surface area contributed by atoms with Crippen molar-refractivity contribution in [2.24, 2.45) is 0 Å². The summed E-state index contributed by atoms with van der Waals surface area (Å²) in [5.74, 6) is 0.750. The van der Waals surface area contributed by atoms with Gasteiger partial charge in [-0.05, 0) is 47.5 Å². The first-order chi connectivity index (χ1) is 9.83. The quantitative estimate of drug-likeness (QED) is 0.841. The third-order valence-corrected chi connectivity index (χ3v) is 3.66. The molecule has 1 saturated carbocycles. The number of anilines is 1. The van der Waals surface area contributed by atoms with Crippen LogP contribution in [0, 0.1) is 0 Å². The summed E-state index contributed by atoms with van der Waals surface area (Å²) >= 11 is 0. The zero-order valence-corrected chi connectivity index (χ0v) is 11.4. The fourth-order valence-corrected chi connectivity index (χ4v) is 2.56. The molecule has 0 radical (unpaired) electrons. The summed E-state index contributed by atoms with van der Waals surface area (Å²) in [5.41, 5.74) is 7.39. The molecule has 0 atom stereocenters. The SMILES string of the molecule is Nc1ccc(-c2nnnn2CCOC2CCCC2)cc1. The van der Waals surface area contributed by atoms with E-state index in [-0.39, 0.29) is 0 Å². The van der Waals surface area contributed by atoms with Crippen molar-refractivity contribution in [3.63, 3.8) is 0 Å². The van der Waals surface area contributed by atoms with E-state index in [1.54, 1.807) is 4.68 Å². The minimum absolute atomic E-state index is 0.423. The van der Waals surface area contributed by atoms with Gasteiger partial charge in [-0.3, -0.25) is 0 Å². The van der Waals surface area contributed by atoms with Gasteiger partial charge in [-0.1, -0.05) is 12.8 Å². The van der Waals surface area contributed by atoms with Crippen molar-refractivity contribution < 1.29 is 4.74 Å². The van der Waals surface area contributed by atoms with Gasteiger partial charge in [0.05, 0.1) is 19.3 Å². The lowest BCUT2D eigenvalue weighted by Crippen LogP contribution is -2.14. The van der Waals surface area contributed by atoms with Crippen LogP contribution >= 0.6 is 0 Å². The van der Waals surface area contributed by atoms with E-state index in [1.165, 1.54) is 25.7 Å². The van der Waals surface area contributed by atoms with Crippen LogP contribution in [0.4, 0.5) is 5.69 Å². The molecule has 1 aromatic heterocycles. The molecule has 106 valence electrons. The molecule has 2 N–H and O–H groups in total. The Kier molecular flexibility index (Phi) is 3.92. The first-order valence-corrected chi connectivity index (χ1v) is 7.06. The van der Waals surface area contributed by atoms with Crippen molar-refractivity contribution in [1.82, 2.24) is 20.2 Å². The summed E-state index contributed by atoms with van der Waals surface area (Å²) in [7, 11) is 0. The Morgan fingerprint density at radius 2 is 1.95 bits per heavy atom. The van der Waals surface area contributed by atoms with Crippen LogP contribution in [-0.4, -0.2) is 32.9 Å². The summed E-state index contributed by atoms with van der Waals surface area (Å²) in [6.07, 6.45) is 5.35. The highest BCUT2D eigenvalue weighted by atomic mass is 16.5. The van der Waals surface area contributed by atoms with E-state index in [0.29, 0.717) is 19.3 Å². The molecule has 2 aromatic rings. The van der Waals surface area contributed by atoms with E-state index < -0.39 is 0 Å². The van der Waals surface area contributed by atoms with Gasteiger partial charge >= 0.3 is 0 Å². The molecule has 1 fully saturated rings. The molecule has 1 aliphatic rings. The Balaban J connectivity index is 1.62. The van der Waals surface area contributed by atoms with Gasteiger partial charge in [0.15, 0.2) is 5.82 Å². The monoisotopic (exact) mass is 273 g/mol. The Bertz CT molecular complexity index is 545. The van der Waals surface area contributed by atoms with Crippen molar-refractivity contribution in [2.75, 3.05) is 12.3 Å². The van der Waals surface area contributed by atoms with Gasteiger partial charge in [0.2, 0.25) is 0 Å². The summed E-state index contributed by atoms with van der Waals surface area (Å²) in [6.45, 7) is 1.32. The number of benzene rings is 1. The van der Waals surface area contributed by atoms with Gasteiger partial charge in [0.1, 0.15) is 0 Å². The van der Waals surface area contributed by atoms with E-state index >= 15 is 0 Å². The molecular weight excluding hydrogens is 254 g/mol. The second-order valence-electron chi connectivity index (χ2n) is 5.12. The van der Waals surface area contributed by atoms with Crippen LogP contribution in [0.25, 0.3) is 11.4 Å². The molecule has 3 rings (SSSR count). The second-order valence-corrected chi connectivity index (χ2v) is 5.12. The van der Waals surface area contributed by atoms with Crippen LogP contribution in [0.5, 0.6) is 0 Å². The number of tetrazole rings is 1. The fourth-order valence-electron chi connectivity index (χ4n) is 2.56. The minimum Gasteiger partial charge on any atom is -0.399 e. The lowest BCUT2D eigenvalue weighted by Gasteiger charge is -2.11. The first kappa shape index (κ1) is 13.1. The van der Waals surface area contributed by atoms with Crippen molar-refractivity contribution in [3.05, 3.63) is 24.3 Å². The summed E-state index contributed by atoms with van der Waals surface area (Å²) in [5, 5.41) is 11.8. The van der Waals surface area contributed by atoms with Gasteiger partial charge in [0, 0.05) is 11.3 Å². The maximum absolute atomic E-state index is 5.85. The second kappa shape index (κ2) is 6.00. The van der Waals surface area contributed by atoms with Gasteiger partial charge in [-0.15, -0.1) is 5.10 Å². The zero-order valence-electron chi connectivity index (χ0n) is 11.4. The molecule has 6 nitrogen and oxygen atoms in total. The number of ether oxygens (including phenoxy) is 1. The molecule has 0 bridgehead atoms. The average Bonchev–Trinajstić information content (AvgIpc) is 3.11. The van der Waals surface area contributed by atoms with Crippen molar-refractivity contribution in [1.29, 1.82) is 0 Å². The molecule has 20 heavy (non-hydrogen) atoms. The summed E-state index contributed by atoms with van der Waals surface area (Å²) in [4.78, 5) is 0. The third kappa shape index (κ3) is 2.96. The Morgan fingerprint density at radius 3 is 2.70 bits per heavy atom. The van der Waals surface area contributed by atoms with Crippen LogP contribution in [-0.2, 0) is 11.3 Å². The summed E-state index contributed by atoms with van der Waals surface area (Å²) in [6, 6.07) is 7.55. The molecule has 0 spiro atoms. The lowest BCUT2D eigenvalue weighted by atomic mass is 10.2.